The molecule has 0 unspecified atom stereocenters. The largest absolute Gasteiger partial charge is 0.436 e. The number of hydrogen-bond donors (Lipinski definition) is 0. The van der Waals surface area contributed by atoms with E-state index in [2.05, 4.69) is 44.7 Å². The summed E-state index contributed by atoms with van der Waals surface area (Å²) < 4.78 is 7.69. The molecule has 0 saturated carbocycles. The number of halogens is 1. The van der Waals surface area contributed by atoms with Gasteiger partial charge in [-0.25, -0.2) is 4.98 Å². The predicted octanol–water partition coefficient (Wildman–Crippen LogP) is 4.69. The second-order valence-electron chi connectivity index (χ2n) is 6.43. The molecule has 0 aliphatic carbocycles. The molecule has 21 heavy (non-hydrogen) atoms. The van der Waals surface area contributed by atoms with Gasteiger partial charge >= 0.3 is 0 Å². The van der Waals surface area contributed by atoms with Gasteiger partial charge in [-0.05, 0) is 25.5 Å². The van der Waals surface area contributed by atoms with Crippen molar-refractivity contribution in [3.05, 3.63) is 35.8 Å². The van der Waals surface area contributed by atoms with Crippen molar-refractivity contribution in [3.63, 3.8) is 0 Å². The summed E-state index contributed by atoms with van der Waals surface area (Å²) in [6.07, 6.45) is 3.57. The topological polar surface area (TPSA) is 39.9 Å². The van der Waals surface area contributed by atoms with Crippen LogP contribution in [0.2, 0.25) is 0 Å². The first kappa shape index (κ1) is 15.8. The minimum Gasteiger partial charge on any atom is -0.436 e. The molecule has 0 spiro atoms. The van der Waals surface area contributed by atoms with E-state index < -0.39 is 0 Å². The highest BCUT2D eigenvalue weighted by molar-refractivity contribution is 6.17. The van der Waals surface area contributed by atoms with Crippen LogP contribution in [-0.2, 0) is 11.3 Å². The van der Waals surface area contributed by atoms with Crippen molar-refractivity contribution in [1.29, 1.82) is 0 Å². The molecule has 0 fully saturated rings. The van der Waals surface area contributed by atoms with Crippen LogP contribution in [0, 0.1) is 0 Å². The summed E-state index contributed by atoms with van der Waals surface area (Å²) in [5.41, 5.74) is 1.91. The fourth-order valence-corrected chi connectivity index (χ4v) is 2.00. The van der Waals surface area contributed by atoms with Gasteiger partial charge in [0.1, 0.15) is 0 Å². The lowest BCUT2D eigenvalue weighted by molar-refractivity contribution is 0.448. The molecule has 2 heterocycles. The first-order valence-corrected chi connectivity index (χ1v) is 7.62. The molecule has 0 aromatic carbocycles. The number of rotatable bonds is 4. The number of aromatic nitrogens is 3. The number of hydrogen-bond acceptors (Lipinski definition) is 3. The van der Waals surface area contributed by atoms with Crippen LogP contribution in [-0.4, -0.2) is 14.8 Å². The molecule has 0 radical (unpaired) electrons. The molecule has 2 aromatic heterocycles. The molecule has 2 aromatic rings. The van der Waals surface area contributed by atoms with Gasteiger partial charge in [-0.1, -0.05) is 20.8 Å². The SMILES string of the molecule is CC(C)n1cc(Oc2cc(CCl)cc(C(C)(C)C)n2)cn1. The molecule has 0 amide bonds. The maximum atomic E-state index is 5.97. The van der Waals surface area contributed by atoms with E-state index in [1.165, 1.54) is 0 Å². The third-order valence-electron chi connectivity index (χ3n) is 3.11. The molecule has 0 bridgehead atoms. The molecule has 114 valence electrons. The third-order valence-corrected chi connectivity index (χ3v) is 3.42. The molecule has 5 heteroatoms. The van der Waals surface area contributed by atoms with Crippen molar-refractivity contribution in [2.45, 2.75) is 52.0 Å². The smallest absolute Gasteiger partial charge is 0.219 e. The highest BCUT2D eigenvalue weighted by Crippen LogP contribution is 2.27. The minimum atomic E-state index is -0.0533. The molecule has 2 rings (SSSR count). The van der Waals surface area contributed by atoms with Gasteiger partial charge in [0.05, 0.1) is 18.1 Å². The summed E-state index contributed by atoms with van der Waals surface area (Å²) in [5, 5.41) is 4.26. The Bertz CT molecular complexity index is 614. The van der Waals surface area contributed by atoms with Crippen molar-refractivity contribution >= 4 is 11.6 Å². The Hall–Kier alpha value is -1.55. The molecule has 0 aliphatic rings. The van der Waals surface area contributed by atoms with Crippen LogP contribution in [0.15, 0.2) is 24.5 Å². The molecular formula is C16H22ClN3O. The Balaban J connectivity index is 2.30. The Kier molecular flexibility index (Phi) is 4.57. The maximum absolute atomic E-state index is 5.97. The lowest BCUT2D eigenvalue weighted by Crippen LogP contribution is -2.14. The van der Waals surface area contributed by atoms with Gasteiger partial charge in [-0.2, -0.15) is 5.10 Å². The van der Waals surface area contributed by atoms with Crippen molar-refractivity contribution in [3.8, 4) is 11.6 Å². The van der Waals surface area contributed by atoms with Crippen LogP contribution >= 0.6 is 11.6 Å². The van der Waals surface area contributed by atoms with Gasteiger partial charge in [0.25, 0.3) is 0 Å². The first-order chi connectivity index (χ1) is 9.79. The van der Waals surface area contributed by atoms with E-state index in [9.17, 15) is 0 Å². The minimum absolute atomic E-state index is 0.0533. The number of pyridine rings is 1. The Labute approximate surface area is 131 Å². The summed E-state index contributed by atoms with van der Waals surface area (Å²) >= 11 is 5.97. The fraction of sp³-hybridized carbons (Fsp3) is 0.500. The maximum Gasteiger partial charge on any atom is 0.219 e. The van der Waals surface area contributed by atoms with E-state index in [1.54, 1.807) is 6.20 Å². The normalized spacial score (nSPS) is 12.0. The lowest BCUT2D eigenvalue weighted by atomic mass is 9.91. The van der Waals surface area contributed by atoms with Gasteiger partial charge in [-0.15, -0.1) is 11.6 Å². The second kappa shape index (κ2) is 6.06. The van der Waals surface area contributed by atoms with Crippen LogP contribution in [0.3, 0.4) is 0 Å². The lowest BCUT2D eigenvalue weighted by Gasteiger charge is -2.19. The van der Waals surface area contributed by atoms with E-state index in [0.29, 0.717) is 23.6 Å². The predicted molar refractivity (Wildman–Crippen MR) is 85.2 cm³/mol. The zero-order valence-corrected chi connectivity index (χ0v) is 14.0. The van der Waals surface area contributed by atoms with E-state index in [4.69, 9.17) is 16.3 Å². The zero-order valence-electron chi connectivity index (χ0n) is 13.2. The molecule has 0 saturated heterocycles. The third kappa shape index (κ3) is 3.97. The van der Waals surface area contributed by atoms with Gasteiger partial charge in [0.2, 0.25) is 5.88 Å². The zero-order chi connectivity index (χ0) is 15.6. The van der Waals surface area contributed by atoms with E-state index in [-0.39, 0.29) is 5.41 Å². The van der Waals surface area contributed by atoms with Gasteiger partial charge in [-0.3, -0.25) is 4.68 Å². The van der Waals surface area contributed by atoms with Crippen LogP contribution in [0.4, 0.5) is 0 Å². The summed E-state index contributed by atoms with van der Waals surface area (Å²) in [7, 11) is 0. The molecule has 0 aliphatic heterocycles. The van der Waals surface area contributed by atoms with E-state index in [0.717, 1.165) is 11.3 Å². The summed E-state index contributed by atoms with van der Waals surface area (Å²) in [6.45, 7) is 10.5. The quantitative estimate of drug-likeness (QED) is 0.769. The van der Waals surface area contributed by atoms with Gasteiger partial charge in [0, 0.05) is 23.4 Å². The number of nitrogens with zero attached hydrogens (tertiary/aromatic N) is 3. The Morgan fingerprint density at radius 3 is 2.52 bits per heavy atom. The van der Waals surface area contributed by atoms with Crippen LogP contribution in [0.25, 0.3) is 0 Å². The van der Waals surface area contributed by atoms with Crippen molar-refractivity contribution in [2.24, 2.45) is 0 Å². The average molecular weight is 308 g/mol. The molecule has 4 nitrogen and oxygen atoms in total. The second-order valence-corrected chi connectivity index (χ2v) is 6.70. The van der Waals surface area contributed by atoms with Crippen LogP contribution in [0.1, 0.15) is 51.9 Å². The van der Waals surface area contributed by atoms with Gasteiger partial charge in [0.15, 0.2) is 5.75 Å². The van der Waals surface area contributed by atoms with Crippen molar-refractivity contribution < 1.29 is 4.74 Å². The molecular weight excluding hydrogens is 286 g/mol. The fourth-order valence-electron chi connectivity index (χ4n) is 1.85. The number of ether oxygens (including phenoxy) is 1. The summed E-state index contributed by atoms with van der Waals surface area (Å²) in [6, 6.07) is 4.20. The van der Waals surface area contributed by atoms with Gasteiger partial charge < -0.3 is 4.74 Å². The molecule has 0 N–H and O–H groups in total. The van der Waals surface area contributed by atoms with E-state index in [1.807, 2.05) is 23.0 Å². The van der Waals surface area contributed by atoms with Crippen LogP contribution < -0.4 is 4.74 Å². The van der Waals surface area contributed by atoms with Crippen LogP contribution in [0.5, 0.6) is 11.6 Å². The highest BCUT2D eigenvalue weighted by atomic mass is 35.5. The summed E-state index contributed by atoms with van der Waals surface area (Å²) in [5.74, 6) is 1.68. The Morgan fingerprint density at radius 1 is 1.29 bits per heavy atom. The molecule has 0 atom stereocenters. The first-order valence-electron chi connectivity index (χ1n) is 7.09. The highest BCUT2D eigenvalue weighted by Gasteiger charge is 2.18. The standard InChI is InChI=1S/C16H22ClN3O/c1-11(2)20-10-13(9-18-20)21-15-7-12(8-17)6-14(19-15)16(3,4)5/h6-7,9-11H,8H2,1-5H3. The Morgan fingerprint density at radius 2 is 2.00 bits per heavy atom. The van der Waals surface area contributed by atoms with E-state index >= 15 is 0 Å². The number of alkyl halides is 1. The average Bonchev–Trinajstić information content (AvgIpc) is 2.86. The van der Waals surface area contributed by atoms with Crippen molar-refractivity contribution in [1.82, 2.24) is 14.8 Å². The van der Waals surface area contributed by atoms with Crippen molar-refractivity contribution in [2.75, 3.05) is 0 Å². The summed E-state index contributed by atoms with van der Waals surface area (Å²) in [4.78, 5) is 4.58. The monoisotopic (exact) mass is 307 g/mol.